The van der Waals surface area contributed by atoms with Gasteiger partial charge in [0.2, 0.25) is 5.91 Å². The van der Waals surface area contributed by atoms with Crippen LogP contribution in [0.2, 0.25) is 0 Å². The molecule has 1 aromatic heterocycles. The van der Waals surface area contributed by atoms with Crippen molar-refractivity contribution in [2.24, 2.45) is 4.99 Å². The summed E-state index contributed by atoms with van der Waals surface area (Å²) in [4.78, 5) is 20.1. The number of aliphatic imine (C=N–C) groups is 1. The van der Waals surface area contributed by atoms with Crippen LogP contribution in [0.5, 0.6) is 0 Å². The van der Waals surface area contributed by atoms with E-state index in [2.05, 4.69) is 45.2 Å². The second-order valence-electron chi connectivity index (χ2n) is 6.99. The largest absolute Gasteiger partial charge is 0.357 e. The van der Waals surface area contributed by atoms with E-state index in [0.29, 0.717) is 19.5 Å². The molecule has 0 fully saturated rings. The van der Waals surface area contributed by atoms with Gasteiger partial charge in [0.15, 0.2) is 5.96 Å². The zero-order chi connectivity index (χ0) is 19.3. The van der Waals surface area contributed by atoms with Crippen LogP contribution in [-0.2, 0) is 11.3 Å². The van der Waals surface area contributed by atoms with Crippen molar-refractivity contribution in [2.75, 3.05) is 18.4 Å². The van der Waals surface area contributed by atoms with Crippen LogP contribution < -0.4 is 16.0 Å². The molecule has 6 nitrogen and oxygen atoms in total. The van der Waals surface area contributed by atoms with Crippen LogP contribution in [0.15, 0.2) is 59.6 Å². The molecular weight excluding hydrogens is 350 g/mol. The molecule has 3 aromatic rings. The molecule has 0 spiro atoms. The normalized spacial score (nSPS) is 16.5. The third-order valence-corrected chi connectivity index (χ3v) is 4.96. The molecule has 0 radical (unpaired) electrons. The van der Waals surface area contributed by atoms with Gasteiger partial charge in [-0.15, -0.1) is 0 Å². The van der Waals surface area contributed by atoms with E-state index < -0.39 is 0 Å². The SMILES string of the molecule is CCNC(=NCc1cc2ccccc2[nH]1)NCC1CC(=O)Nc2ccccc21. The molecule has 28 heavy (non-hydrogen) atoms. The number of amides is 1. The lowest BCUT2D eigenvalue weighted by molar-refractivity contribution is -0.116. The third-order valence-electron chi connectivity index (χ3n) is 4.96. The van der Waals surface area contributed by atoms with Crippen LogP contribution in [0.4, 0.5) is 5.69 Å². The minimum absolute atomic E-state index is 0.0607. The first-order valence-electron chi connectivity index (χ1n) is 9.70. The van der Waals surface area contributed by atoms with Crippen molar-refractivity contribution in [1.82, 2.24) is 15.6 Å². The van der Waals surface area contributed by atoms with Gasteiger partial charge >= 0.3 is 0 Å². The van der Waals surface area contributed by atoms with Crippen molar-refractivity contribution in [2.45, 2.75) is 25.8 Å². The molecule has 6 heteroatoms. The Balaban J connectivity index is 1.45. The lowest BCUT2D eigenvalue weighted by atomic mass is 9.90. The number of fused-ring (bicyclic) bond motifs is 2. The quantitative estimate of drug-likeness (QED) is 0.408. The highest BCUT2D eigenvalue weighted by molar-refractivity contribution is 5.94. The van der Waals surface area contributed by atoms with E-state index in [0.717, 1.165) is 29.4 Å². The second kappa shape index (κ2) is 8.17. The van der Waals surface area contributed by atoms with Crippen molar-refractivity contribution in [3.63, 3.8) is 0 Å². The number of rotatable bonds is 5. The molecule has 1 aliphatic rings. The maximum atomic E-state index is 12.0. The van der Waals surface area contributed by atoms with Crippen LogP contribution >= 0.6 is 0 Å². The summed E-state index contributed by atoms with van der Waals surface area (Å²) in [5.74, 6) is 0.942. The van der Waals surface area contributed by atoms with Crippen molar-refractivity contribution in [3.05, 3.63) is 65.9 Å². The third kappa shape index (κ3) is 4.01. The Bertz CT molecular complexity index is 974. The lowest BCUT2D eigenvalue weighted by Gasteiger charge is -2.26. The van der Waals surface area contributed by atoms with Crippen molar-refractivity contribution in [3.8, 4) is 0 Å². The zero-order valence-corrected chi connectivity index (χ0v) is 16.0. The van der Waals surface area contributed by atoms with E-state index in [-0.39, 0.29) is 11.8 Å². The van der Waals surface area contributed by atoms with Gasteiger partial charge in [0.25, 0.3) is 0 Å². The Morgan fingerprint density at radius 3 is 2.82 bits per heavy atom. The van der Waals surface area contributed by atoms with E-state index in [1.54, 1.807) is 0 Å². The fourth-order valence-electron chi connectivity index (χ4n) is 3.63. The van der Waals surface area contributed by atoms with Crippen molar-refractivity contribution >= 4 is 28.5 Å². The number of aromatic amines is 1. The molecule has 1 amide bonds. The monoisotopic (exact) mass is 375 g/mol. The maximum absolute atomic E-state index is 12.0. The van der Waals surface area contributed by atoms with Gasteiger partial charge in [0.05, 0.1) is 6.54 Å². The number of benzene rings is 2. The Kier molecular flexibility index (Phi) is 5.28. The fourth-order valence-corrected chi connectivity index (χ4v) is 3.63. The van der Waals surface area contributed by atoms with Crippen LogP contribution in [0.25, 0.3) is 10.9 Å². The Labute approximate surface area is 164 Å². The number of anilines is 1. The highest BCUT2D eigenvalue weighted by Gasteiger charge is 2.24. The van der Waals surface area contributed by atoms with Gasteiger partial charge in [0, 0.05) is 42.3 Å². The summed E-state index contributed by atoms with van der Waals surface area (Å²) < 4.78 is 0. The summed E-state index contributed by atoms with van der Waals surface area (Å²) in [6.45, 7) is 4.04. The van der Waals surface area contributed by atoms with Crippen molar-refractivity contribution in [1.29, 1.82) is 0 Å². The van der Waals surface area contributed by atoms with E-state index in [1.165, 1.54) is 10.9 Å². The topological polar surface area (TPSA) is 81.3 Å². The van der Waals surface area contributed by atoms with Gasteiger partial charge in [-0.25, -0.2) is 4.99 Å². The number of aromatic nitrogens is 1. The minimum atomic E-state index is 0.0607. The van der Waals surface area contributed by atoms with E-state index in [1.807, 2.05) is 37.3 Å². The standard InChI is InChI=1S/C22H25N5O/c1-2-23-22(25-14-17-11-15-7-3-5-9-19(15)26-17)24-13-16-12-21(28)27-20-10-6-4-8-18(16)20/h3-11,16,26H,2,12-14H2,1H3,(H,27,28)(H2,23,24,25). The van der Waals surface area contributed by atoms with Gasteiger partial charge in [-0.2, -0.15) is 0 Å². The first kappa shape index (κ1) is 18.1. The van der Waals surface area contributed by atoms with Gasteiger partial charge in [-0.05, 0) is 36.1 Å². The molecule has 1 unspecified atom stereocenters. The Morgan fingerprint density at radius 2 is 1.96 bits per heavy atom. The predicted molar refractivity (Wildman–Crippen MR) is 114 cm³/mol. The minimum Gasteiger partial charge on any atom is -0.357 e. The first-order valence-corrected chi connectivity index (χ1v) is 9.70. The number of hydrogen-bond donors (Lipinski definition) is 4. The molecule has 0 bridgehead atoms. The summed E-state index contributed by atoms with van der Waals surface area (Å²) in [7, 11) is 0. The summed E-state index contributed by atoms with van der Waals surface area (Å²) in [6.07, 6.45) is 0.478. The zero-order valence-electron chi connectivity index (χ0n) is 16.0. The molecule has 2 heterocycles. The molecule has 144 valence electrons. The second-order valence-corrected chi connectivity index (χ2v) is 6.99. The molecular formula is C22H25N5O. The number of H-pyrrole nitrogens is 1. The molecule has 1 atom stereocenters. The number of carbonyl (C=O) groups is 1. The van der Waals surface area contributed by atoms with Crippen LogP contribution in [0.1, 0.15) is 30.5 Å². The summed E-state index contributed by atoms with van der Waals surface area (Å²) in [6, 6.07) is 18.3. The number of guanidine groups is 1. The molecule has 4 N–H and O–H groups in total. The molecule has 0 saturated heterocycles. The van der Waals surface area contributed by atoms with E-state index >= 15 is 0 Å². The number of carbonyl (C=O) groups excluding carboxylic acids is 1. The smallest absolute Gasteiger partial charge is 0.225 e. The lowest BCUT2D eigenvalue weighted by Crippen LogP contribution is -2.40. The average Bonchev–Trinajstić information content (AvgIpc) is 3.12. The molecule has 0 aliphatic carbocycles. The number of nitrogens with one attached hydrogen (secondary N) is 4. The van der Waals surface area contributed by atoms with E-state index in [9.17, 15) is 4.79 Å². The summed E-state index contributed by atoms with van der Waals surface area (Å²) >= 11 is 0. The molecule has 1 aliphatic heterocycles. The van der Waals surface area contributed by atoms with Gasteiger partial charge in [-0.1, -0.05) is 36.4 Å². The van der Waals surface area contributed by atoms with Crippen LogP contribution in [-0.4, -0.2) is 29.9 Å². The number of hydrogen-bond acceptors (Lipinski definition) is 2. The van der Waals surface area contributed by atoms with Crippen LogP contribution in [0.3, 0.4) is 0 Å². The summed E-state index contributed by atoms with van der Waals surface area (Å²) in [5.41, 5.74) is 4.27. The molecule has 4 rings (SSSR count). The van der Waals surface area contributed by atoms with Gasteiger partial charge < -0.3 is 20.9 Å². The Hall–Kier alpha value is -3.28. The Morgan fingerprint density at radius 1 is 1.14 bits per heavy atom. The maximum Gasteiger partial charge on any atom is 0.225 e. The molecule has 2 aromatic carbocycles. The van der Waals surface area contributed by atoms with Crippen LogP contribution in [0, 0.1) is 0 Å². The van der Waals surface area contributed by atoms with Gasteiger partial charge in [0.1, 0.15) is 0 Å². The number of para-hydroxylation sites is 2. The predicted octanol–water partition coefficient (Wildman–Crippen LogP) is 3.35. The summed E-state index contributed by atoms with van der Waals surface area (Å²) in [5, 5.41) is 10.8. The number of nitrogens with zero attached hydrogens (tertiary/aromatic N) is 1. The highest BCUT2D eigenvalue weighted by Crippen LogP contribution is 2.31. The fraction of sp³-hybridized carbons (Fsp3) is 0.273. The molecule has 0 saturated carbocycles. The highest BCUT2D eigenvalue weighted by atomic mass is 16.1. The van der Waals surface area contributed by atoms with E-state index in [4.69, 9.17) is 4.99 Å². The van der Waals surface area contributed by atoms with Gasteiger partial charge in [-0.3, -0.25) is 4.79 Å². The first-order chi connectivity index (χ1) is 13.7. The average molecular weight is 375 g/mol. The van der Waals surface area contributed by atoms with Crippen molar-refractivity contribution < 1.29 is 4.79 Å².